The predicted molar refractivity (Wildman–Crippen MR) is 76.4 cm³/mol. The van der Waals surface area contributed by atoms with Crippen molar-refractivity contribution in [3.63, 3.8) is 0 Å². The van der Waals surface area contributed by atoms with Gasteiger partial charge in [-0.15, -0.1) is 0 Å². The number of oxime groups is 1. The fraction of sp³-hybridized carbons (Fsp3) is 0. The molecule has 0 saturated carbocycles. The molecule has 0 aliphatic heterocycles. The highest BCUT2D eigenvalue weighted by Crippen LogP contribution is 2.25. The number of nitrogens with zero attached hydrogens (tertiary/aromatic N) is 4. The van der Waals surface area contributed by atoms with Crippen molar-refractivity contribution < 1.29 is 5.21 Å². The van der Waals surface area contributed by atoms with Crippen LogP contribution in [-0.4, -0.2) is 25.8 Å². The number of hydrogen-bond acceptors (Lipinski definition) is 4. The number of aromatic nitrogens is 3. The van der Waals surface area contributed by atoms with Gasteiger partial charge in [0.25, 0.3) is 0 Å². The number of para-hydroxylation sites is 1. The predicted octanol–water partition coefficient (Wildman–Crippen LogP) is 2.17. The molecule has 0 aliphatic carbocycles. The minimum Gasteiger partial charge on any atom is -0.409 e. The Morgan fingerprint density at radius 1 is 1.30 bits per heavy atom. The zero-order valence-electron chi connectivity index (χ0n) is 10.2. The van der Waals surface area contributed by atoms with Crippen molar-refractivity contribution in [2.24, 2.45) is 10.9 Å². The Balaban J connectivity index is 2.25. The zero-order chi connectivity index (χ0) is 14.1. The Morgan fingerprint density at radius 2 is 2.10 bits per heavy atom. The Labute approximate surface area is 119 Å². The maximum atomic E-state index is 8.77. The summed E-state index contributed by atoms with van der Waals surface area (Å²) in [6.07, 6.45) is 3.26. The number of nitrogens with two attached hydrogens (primary N) is 1. The summed E-state index contributed by atoms with van der Waals surface area (Å²) in [4.78, 5) is 4.22. The lowest BCUT2D eigenvalue weighted by Gasteiger charge is -2.08. The number of fused-ring (bicyclic) bond motifs is 1. The van der Waals surface area contributed by atoms with Gasteiger partial charge in [0, 0.05) is 17.1 Å². The van der Waals surface area contributed by atoms with Gasteiger partial charge in [-0.2, -0.15) is 5.10 Å². The molecule has 0 unspecified atom stereocenters. The first-order valence-electron chi connectivity index (χ1n) is 5.78. The molecule has 0 atom stereocenters. The maximum Gasteiger partial charge on any atom is 0.173 e. The van der Waals surface area contributed by atoms with E-state index in [4.69, 9.17) is 22.5 Å². The molecule has 7 heteroatoms. The lowest BCUT2D eigenvalue weighted by atomic mass is 10.2. The number of pyridine rings is 1. The molecule has 1 aromatic carbocycles. The quantitative estimate of drug-likeness (QED) is 0.327. The minimum absolute atomic E-state index is 0.0740. The summed E-state index contributed by atoms with van der Waals surface area (Å²) >= 11 is 6.28. The maximum absolute atomic E-state index is 8.77. The zero-order valence-corrected chi connectivity index (χ0v) is 11.0. The largest absolute Gasteiger partial charge is 0.409 e. The van der Waals surface area contributed by atoms with Gasteiger partial charge >= 0.3 is 0 Å². The van der Waals surface area contributed by atoms with Gasteiger partial charge in [-0.25, -0.2) is 9.67 Å². The fourth-order valence-corrected chi connectivity index (χ4v) is 2.26. The van der Waals surface area contributed by atoms with Gasteiger partial charge in [0.1, 0.15) is 0 Å². The minimum atomic E-state index is -0.0740. The van der Waals surface area contributed by atoms with Crippen molar-refractivity contribution >= 4 is 28.3 Å². The molecule has 2 aromatic heterocycles. The molecular formula is C13H10ClN5O. The van der Waals surface area contributed by atoms with Crippen molar-refractivity contribution in [1.82, 2.24) is 14.8 Å². The molecule has 0 spiro atoms. The summed E-state index contributed by atoms with van der Waals surface area (Å²) < 4.78 is 1.62. The second-order valence-corrected chi connectivity index (χ2v) is 4.47. The van der Waals surface area contributed by atoms with Crippen LogP contribution in [0.4, 0.5) is 0 Å². The number of amidine groups is 1. The summed E-state index contributed by atoms with van der Waals surface area (Å²) in [6.45, 7) is 0. The Bertz CT molecular complexity index is 811. The van der Waals surface area contributed by atoms with Crippen LogP contribution in [0.2, 0.25) is 5.02 Å². The van der Waals surface area contributed by atoms with Gasteiger partial charge in [-0.1, -0.05) is 35.0 Å². The summed E-state index contributed by atoms with van der Waals surface area (Å²) in [7, 11) is 0. The van der Waals surface area contributed by atoms with Gasteiger partial charge in [0.2, 0.25) is 0 Å². The van der Waals surface area contributed by atoms with E-state index in [9.17, 15) is 0 Å². The van der Waals surface area contributed by atoms with E-state index in [-0.39, 0.29) is 10.9 Å². The number of hydrogen-bond donors (Lipinski definition) is 2. The second kappa shape index (κ2) is 4.82. The van der Waals surface area contributed by atoms with E-state index in [2.05, 4.69) is 15.2 Å². The Kier molecular flexibility index (Phi) is 3.00. The van der Waals surface area contributed by atoms with E-state index in [1.165, 1.54) is 6.20 Å². The van der Waals surface area contributed by atoms with E-state index in [0.29, 0.717) is 11.4 Å². The van der Waals surface area contributed by atoms with Crippen LogP contribution in [0, 0.1) is 0 Å². The number of rotatable bonds is 2. The van der Waals surface area contributed by atoms with E-state index in [0.717, 1.165) is 10.9 Å². The third-order valence-corrected chi connectivity index (χ3v) is 3.30. The second-order valence-electron chi connectivity index (χ2n) is 4.10. The molecule has 100 valence electrons. The number of halogens is 1. The molecule has 0 bridgehead atoms. The van der Waals surface area contributed by atoms with E-state index >= 15 is 0 Å². The molecular weight excluding hydrogens is 278 g/mol. The van der Waals surface area contributed by atoms with Crippen LogP contribution < -0.4 is 5.73 Å². The van der Waals surface area contributed by atoms with Crippen molar-refractivity contribution in [3.05, 3.63) is 53.3 Å². The fourth-order valence-electron chi connectivity index (χ4n) is 1.97. The molecule has 0 fully saturated rings. The normalized spacial score (nSPS) is 11.9. The van der Waals surface area contributed by atoms with Gasteiger partial charge in [-0.3, -0.25) is 0 Å². The molecule has 6 nitrogen and oxygen atoms in total. The number of benzene rings is 1. The summed E-state index contributed by atoms with van der Waals surface area (Å²) in [5, 5.41) is 17.2. The van der Waals surface area contributed by atoms with Crippen LogP contribution in [0.5, 0.6) is 0 Å². The van der Waals surface area contributed by atoms with Crippen LogP contribution in [0.1, 0.15) is 5.56 Å². The Morgan fingerprint density at radius 3 is 2.90 bits per heavy atom. The topological polar surface area (TPSA) is 89.3 Å². The van der Waals surface area contributed by atoms with Crippen LogP contribution in [-0.2, 0) is 0 Å². The molecule has 3 N–H and O–H groups in total. The van der Waals surface area contributed by atoms with Gasteiger partial charge in [0.15, 0.2) is 11.7 Å². The van der Waals surface area contributed by atoms with Crippen molar-refractivity contribution in [2.45, 2.75) is 0 Å². The SMILES string of the molecule is N/C(=N/O)c1ccnc(-n2ncc3ccccc32)c1Cl. The first-order valence-corrected chi connectivity index (χ1v) is 6.15. The smallest absolute Gasteiger partial charge is 0.173 e. The highest BCUT2D eigenvalue weighted by Gasteiger charge is 2.14. The molecule has 2 heterocycles. The standard InChI is InChI=1S/C13H10ClN5O/c14-11-9(12(15)18-20)5-6-16-13(11)19-10-4-2-1-3-8(10)7-17-19/h1-7,20H,(H2,15,18). The monoisotopic (exact) mass is 287 g/mol. The highest BCUT2D eigenvalue weighted by molar-refractivity contribution is 6.35. The molecule has 0 aliphatic rings. The Hall–Kier alpha value is -2.60. The summed E-state index contributed by atoms with van der Waals surface area (Å²) in [5.41, 5.74) is 6.86. The van der Waals surface area contributed by atoms with Crippen LogP contribution in [0.15, 0.2) is 47.9 Å². The lowest BCUT2D eigenvalue weighted by Crippen LogP contribution is -2.15. The van der Waals surface area contributed by atoms with Gasteiger partial charge in [0.05, 0.1) is 16.7 Å². The molecule has 3 aromatic rings. The lowest BCUT2D eigenvalue weighted by molar-refractivity contribution is 0.318. The van der Waals surface area contributed by atoms with E-state index < -0.39 is 0 Å². The van der Waals surface area contributed by atoms with Crippen LogP contribution in [0.3, 0.4) is 0 Å². The van der Waals surface area contributed by atoms with E-state index in [1.54, 1.807) is 16.9 Å². The summed E-state index contributed by atoms with van der Waals surface area (Å²) in [6, 6.07) is 9.27. The van der Waals surface area contributed by atoms with Crippen molar-refractivity contribution in [3.8, 4) is 5.82 Å². The average molecular weight is 288 g/mol. The van der Waals surface area contributed by atoms with Crippen LogP contribution >= 0.6 is 11.6 Å². The summed E-state index contributed by atoms with van der Waals surface area (Å²) in [5.74, 6) is 0.354. The molecule has 0 radical (unpaired) electrons. The van der Waals surface area contributed by atoms with Crippen molar-refractivity contribution in [2.75, 3.05) is 0 Å². The van der Waals surface area contributed by atoms with Gasteiger partial charge < -0.3 is 10.9 Å². The molecule has 3 rings (SSSR count). The van der Waals surface area contributed by atoms with E-state index in [1.807, 2.05) is 24.3 Å². The van der Waals surface area contributed by atoms with Crippen LogP contribution in [0.25, 0.3) is 16.7 Å². The third-order valence-electron chi connectivity index (χ3n) is 2.93. The third kappa shape index (κ3) is 1.86. The highest BCUT2D eigenvalue weighted by atomic mass is 35.5. The molecule has 20 heavy (non-hydrogen) atoms. The van der Waals surface area contributed by atoms with Crippen molar-refractivity contribution in [1.29, 1.82) is 0 Å². The molecule has 0 amide bonds. The molecule has 0 saturated heterocycles. The van der Waals surface area contributed by atoms with Gasteiger partial charge in [-0.05, 0) is 12.1 Å². The first kappa shape index (κ1) is 12.4. The average Bonchev–Trinajstić information content (AvgIpc) is 2.90. The first-order chi connectivity index (χ1) is 9.72.